The van der Waals surface area contributed by atoms with Gasteiger partial charge in [-0.15, -0.1) is 0 Å². The molecule has 0 aliphatic carbocycles. The molecule has 1 heterocycles. The van der Waals surface area contributed by atoms with Crippen LogP contribution >= 0.6 is 0 Å². The number of nitrogens with zero attached hydrogens (tertiary/aromatic N) is 1. The Labute approximate surface area is 138 Å². The number of β-amino-alcohol motifs (C(OH)–C–C–N with tert-alkyl or cyclic N) is 1. The predicted octanol–water partition coefficient (Wildman–Crippen LogP) is 0.426. The number of carbonyl (C=O) groups is 2. The maximum atomic E-state index is 13.8. The molecule has 2 amide bonds. The van der Waals surface area contributed by atoms with Crippen LogP contribution in [0.2, 0.25) is 0 Å². The Morgan fingerprint density at radius 2 is 1.88 bits per heavy atom. The Morgan fingerprint density at radius 1 is 1.25 bits per heavy atom. The summed E-state index contributed by atoms with van der Waals surface area (Å²) < 4.78 is 26.8. The Hall–Kier alpha value is -2.06. The first kappa shape index (κ1) is 18.3. The van der Waals surface area contributed by atoms with Gasteiger partial charge in [-0.1, -0.05) is 0 Å². The van der Waals surface area contributed by atoms with Crippen molar-refractivity contribution in [2.75, 3.05) is 6.54 Å². The normalized spacial score (nSPS) is 24.1. The fourth-order valence-electron chi connectivity index (χ4n) is 2.58. The molecule has 1 aliphatic heterocycles. The highest BCUT2D eigenvalue weighted by atomic mass is 19.1. The van der Waals surface area contributed by atoms with Crippen LogP contribution in [0, 0.1) is 11.6 Å². The van der Waals surface area contributed by atoms with Crippen LogP contribution in [0.4, 0.5) is 8.78 Å². The first-order valence-corrected chi connectivity index (χ1v) is 7.45. The van der Waals surface area contributed by atoms with Gasteiger partial charge in [0.1, 0.15) is 29.9 Å². The number of nitrogens with one attached hydrogen (secondary N) is 1. The Bertz CT molecular complexity index is 660. The lowest BCUT2D eigenvalue weighted by Crippen LogP contribution is -2.54. The second-order valence-corrected chi connectivity index (χ2v) is 6.82. The highest BCUT2D eigenvalue weighted by Gasteiger charge is 2.47. The van der Waals surface area contributed by atoms with Crippen LogP contribution in [0.15, 0.2) is 18.2 Å². The SMILES string of the molecule is CC(C)(C)NC(=O)C1[C@H](O)[C@@H](O)CN1C(=O)c1ccc(F)cc1F. The second kappa shape index (κ2) is 6.45. The van der Waals surface area contributed by atoms with Gasteiger partial charge in [0.2, 0.25) is 5.91 Å². The van der Waals surface area contributed by atoms with Crippen LogP contribution < -0.4 is 5.32 Å². The number of rotatable bonds is 2. The molecule has 1 unspecified atom stereocenters. The van der Waals surface area contributed by atoms with Crippen molar-refractivity contribution < 1.29 is 28.6 Å². The molecule has 0 spiro atoms. The minimum Gasteiger partial charge on any atom is -0.388 e. The summed E-state index contributed by atoms with van der Waals surface area (Å²) in [5, 5.41) is 22.5. The summed E-state index contributed by atoms with van der Waals surface area (Å²) in [7, 11) is 0. The summed E-state index contributed by atoms with van der Waals surface area (Å²) in [6.45, 7) is 4.82. The van der Waals surface area contributed by atoms with Crippen molar-refractivity contribution in [3.63, 3.8) is 0 Å². The minimum atomic E-state index is -1.50. The van der Waals surface area contributed by atoms with Crippen molar-refractivity contribution in [2.24, 2.45) is 0 Å². The van der Waals surface area contributed by atoms with E-state index in [0.717, 1.165) is 17.0 Å². The van der Waals surface area contributed by atoms with Crippen LogP contribution in [-0.4, -0.2) is 57.3 Å². The summed E-state index contributed by atoms with van der Waals surface area (Å²) in [6.07, 6.45) is -2.84. The number of likely N-dealkylation sites (tertiary alicyclic amines) is 1. The van der Waals surface area contributed by atoms with E-state index in [9.17, 15) is 28.6 Å². The number of amides is 2. The van der Waals surface area contributed by atoms with Gasteiger partial charge < -0.3 is 20.4 Å². The van der Waals surface area contributed by atoms with Gasteiger partial charge in [-0.05, 0) is 32.9 Å². The number of hydrogen-bond acceptors (Lipinski definition) is 4. The third kappa shape index (κ3) is 3.70. The lowest BCUT2D eigenvalue weighted by atomic mass is 10.1. The topological polar surface area (TPSA) is 89.9 Å². The molecule has 0 bridgehead atoms. The lowest BCUT2D eigenvalue weighted by Gasteiger charge is -2.29. The number of hydrogen-bond donors (Lipinski definition) is 3. The first-order valence-electron chi connectivity index (χ1n) is 7.45. The van der Waals surface area contributed by atoms with Gasteiger partial charge in [0.05, 0.1) is 12.1 Å². The van der Waals surface area contributed by atoms with Crippen LogP contribution in [0.25, 0.3) is 0 Å². The molecule has 132 valence electrons. The molecule has 1 aliphatic rings. The second-order valence-electron chi connectivity index (χ2n) is 6.82. The average Bonchev–Trinajstić information content (AvgIpc) is 2.72. The molecule has 0 radical (unpaired) electrons. The van der Waals surface area contributed by atoms with E-state index in [1.54, 1.807) is 20.8 Å². The molecule has 24 heavy (non-hydrogen) atoms. The molecule has 1 aromatic carbocycles. The molecule has 8 heteroatoms. The minimum absolute atomic E-state index is 0.334. The Morgan fingerprint density at radius 3 is 2.42 bits per heavy atom. The standard InChI is InChI=1S/C16H20F2N2O4/c1-16(2,3)19-14(23)12-13(22)11(21)7-20(12)15(24)9-5-4-8(17)6-10(9)18/h4-6,11-13,21-22H,7H2,1-3H3,(H,19,23)/t11-,12?,13+/m0/s1. The van der Waals surface area contributed by atoms with Gasteiger partial charge in [-0.25, -0.2) is 8.78 Å². The third-order valence-electron chi connectivity index (χ3n) is 3.63. The Kier molecular flexibility index (Phi) is 4.91. The smallest absolute Gasteiger partial charge is 0.257 e. The van der Waals surface area contributed by atoms with Crippen molar-refractivity contribution in [2.45, 2.75) is 44.6 Å². The molecular formula is C16H20F2N2O4. The summed E-state index contributed by atoms with van der Waals surface area (Å²) in [5.74, 6) is -3.49. The van der Waals surface area contributed by atoms with E-state index in [1.807, 2.05) is 0 Å². The number of aliphatic hydroxyl groups is 2. The molecule has 0 saturated carbocycles. The number of carbonyl (C=O) groups excluding carboxylic acids is 2. The summed E-state index contributed by atoms with van der Waals surface area (Å²) in [4.78, 5) is 25.8. The van der Waals surface area contributed by atoms with E-state index in [4.69, 9.17) is 0 Å². The number of aliphatic hydroxyl groups excluding tert-OH is 2. The van der Waals surface area contributed by atoms with Crippen molar-refractivity contribution in [1.29, 1.82) is 0 Å². The van der Waals surface area contributed by atoms with Crippen molar-refractivity contribution >= 4 is 11.8 Å². The molecule has 6 nitrogen and oxygen atoms in total. The van der Waals surface area contributed by atoms with Gasteiger partial charge in [0.25, 0.3) is 5.91 Å². The fraction of sp³-hybridized carbons (Fsp3) is 0.500. The molecule has 0 aromatic heterocycles. The summed E-state index contributed by atoms with van der Waals surface area (Å²) in [5.41, 5.74) is -1.06. The largest absolute Gasteiger partial charge is 0.388 e. The fourth-order valence-corrected chi connectivity index (χ4v) is 2.58. The lowest BCUT2D eigenvalue weighted by molar-refractivity contribution is -0.129. The van der Waals surface area contributed by atoms with E-state index in [0.29, 0.717) is 6.07 Å². The van der Waals surface area contributed by atoms with Crippen LogP contribution in [0.1, 0.15) is 31.1 Å². The van der Waals surface area contributed by atoms with E-state index in [-0.39, 0.29) is 6.54 Å². The number of halogens is 2. The molecular weight excluding hydrogens is 322 g/mol. The molecule has 2 rings (SSSR count). The monoisotopic (exact) mass is 342 g/mol. The van der Waals surface area contributed by atoms with Gasteiger partial charge in [0, 0.05) is 11.6 Å². The highest BCUT2D eigenvalue weighted by molar-refractivity contribution is 5.98. The molecule has 3 N–H and O–H groups in total. The van der Waals surface area contributed by atoms with Gasteiger partial charge in [0.15, 0.2) is 0 Å². The molecule has 3 atom stereocenters. The zero-order chi connectivity index (χ0) is 18.2. The third-order valence-corrected chi connectivity index (χ3v) is 3.63. The van der Waals surface area contributed by atoms with Crippen molar-refractivity contribution in [3.8, 4) is 0 Å². The maximum absolute atomic E-state index is 13.8. The van der Waals surface area contributed by atoms with Crippen LogP contribution in [0.5, 0.6) is 0 Å². The Balaban J connectivity index is 2.32. The maximum Gasteiger partial charge on any atom is 0.257 e. The molecule has 1 saturated heterocycles. The van der Waals surface area contributed by atoms with Crippen molar-refractivity contribution in [1.82, 2.24) is 10.2 Å². The van der Waals surface area contributed by atoms with E-state index >= 15 is 0 Å². The molecule has 1 fully saturated rings. The highest BCUT2D eigenvalue weighted by Crippen LogP contribution is 2.23. The van der Waals surface area contributed by atoms with E-state index < -0.39 is 52.8 Å². The zero-order valence-electron chi connectivity index (χ0n) is 13.6. The van der Waals surface area contributed by atoms with Crippen LogP contribution in [-0.2, 0) is 4.79 Å². The van der Waals surface area contributed by atoms with Gasteiger partial charge in [-0.3, -0.25) is 9.59 Å². The first-order chi connectivity index (χ1) is 11.0. The van der Waals surface area contributed by atoms with Crippen LogP contribution in [0.3, 0.4) is 0 Å². The number of benzene rings is 1. The van der Waals surface area contributed by atoms with Gasteiger partial charge in [-0.2, -0.15) is 0 Å². The predicted molar refractivity (Wildman–Crippen MR) is 81.1 cm³/mol. The van der Waals surface area contributed by atoms with E-state index in [2.05, 4.69) is 5.32 Å². The van der Waals surface area contributed by atoms with E-state index in [1.165, 1.54) is 0 Å². The zero-order valence-corrected chi connectivity index (χ0v) is 13.6. The van der Waals surface area contributed by atoms with Gasteiger partial charge >= 0.3 is 0 Å². The average molecular weight is 342 g/mol. The quantitative estimate of drug-likeness (QED) is 0.727. The van der Waals surface area contributed by atoms with Crippen molar-refractivity contribution in [3.05, 3.63) is 35.4 Å². The summed E-state index contributed by atoms with van der Waals surface area (Å²) >= 11 is 0. The summed E-state index contributed by atoms with van der Waals surface area (Å²) in [6, 6.07) is 1.07. The molecule has 1 aromatic rings.